The first-order valence-electron chi connectivity index (χ1n) is 13.4. The molecule has 2 aromatic carbocycles. The SMILES string of the molecule is CCC(C)CN(CC(OC)OC)C(=O)[C@H](C)NC(=O)CCN(C)C(=O)OC1c2ccccc2-c2ccccc21. The van der Waals surface area contributed by atoms with Crippen LogP contribution in [-0.2, 0) is 23.8 Å². The van der Waals surface area contributed by atoms with Gasteiger partial charge in [0.15, 0.2) is 12.4 Å². The number of methoxy groups -OCH3 is 2. The van der Waals surface area contributed by atoms with Gasteiger partial charge in [0.05, 0.1) is 6.54 Å². The van der Waals surface area contributed by atoms with Crippen LogP contribution in [0.5, 0.6) is 0 Å². The first-order chi connectivity index (χ1) is 18.7. The lowest BCUT2D eigenvalue weighted by molar-refractivity contribution is -0.149. The number of hydrogen-bond donors (Lipinski definition) is 1. The summed E-state index contributed by atoms with van der Waals surface area (Å²) in [4.78, 5) is 41.8. The van der Waals surface area contributed by atoms with Crippen LogP contribution in [0, 0.1) is 5.92 Å². The molecule has 1 unspecified atom stereocenters. The van der Waals surface area contributed by atoms with Crippen LogP contribution < -0.4 is 5.32 Å². The van der Waals surface area contributed by atoms with Crippen LogP contribution in [0.25, 0.3) is 11.1 Å². The summed E-state index contributed by atoms with van der Waals surface area (Å²) in [6.07, 6.45) is -0.632. The molecule has 39 heavy (non-hydrogen) atoms. The van der Waals surface area contributed by atoms with Crippen LogP contribution in [-0.4, -0.2) is 80.9 Å². The number of nitrogens with one attached hydrogen (secondary N) is 1. The molecule has 9 heteroatoms. The van der Waals surface area contributed by atoms with Crippen molar-refractivity contribution in [1.29, 1.82) is 0 Å². The van der Waals surface area contributed by atoms with Gasteiger partial charge in [0.1, 0.15) is 6.04 Å². The summed E-state index contributed by atoms with van der Waals surface area (Å²) in [6, 6.07) is 15.0. The molecule has 1 aliphatic carbocycles. The zero-order valence-corrected chi connectivity index (χ0v) is 23.8. The number of ether oxygens (including phenoxy) is 3. The maximum Gasteiger partial charge on any atom is 0.410 e. The highest BCUT2D eigenvalue weighted by molar-refractivity contribution is 5.87. The normalized spacial score (nSPS) is 13.8. The van der Waals surface area contributed by atoms with Gasteiger partial charge >= 0.3 is 6.09 Å². The average Bonchev–Trinajstić information content (AvgIpc) is 3.26. The summed E-state index contributed by atoms with van der Waals surface area (Å²) in [6.45, 7) is 6.72. The van der Waals surface area contributed by atoms with E-state index in [4.69, 9.17) is 14.2 Å². The molecule has 0 saturated heterocycles. The van der Waals surface area contributed by atoms with Crippen LogP contribution in [0.3, 0.4) is 0 Å². The topological polar surface area (TPSA) is 97.4 Å². The zero-order valence-electron chi connectivity index (χ0n) is 23.8. The van der Waals surface area contributed by atoms with Crippen molar-refractivity contribution in [3.8, 4) is 11.1 Å². The Balaban J connectivity index is 1.54. The van der Waals surface area contributed by atoms with E-state index in [1.807, 2.05) is 48.5 Å². The van der Waals surface area contributed by atoms with Crippen LogP contribution in [0.4, 0.5) is 4.79 Å². The Bertz CT molecular complexity index is 1090. The van der Waals surface area contributed by atoms with Gasteiger partial charge in [-0.1, -0.05) is 68.8 Å². The fraction of sp³-hybridized carbons (Fsp3) is 0.500. The third-order valence-corrected chi connectivity index (χ3v) is 7.17. The Kier molecular flexibility index (Phi) is 10.9. The molecular weight excluding hydrogens is 498 g/mol. The van der Waals surface area contributed by atoms with Gasteiger partial charge < -0.3 is 29.3 Å². The minimum atomic E-state index is -0.736. The summed E-state index contributed by atoms with van der Waals surface area (Å²) in [5.41, 5.74) is 3.99. The van der Waals surface area contributed by atoms with Gasteiger partial charge in [-0.15, -0.1) is 0 Å². The number of rotatable bonds is 13. The summed E-state index contributed by atoms with van der Waals surface area (Å²) in [5.74, 6) is -0.260. The molecule has 1 aliphatic rings. The average molecular weight is 540 g/mol. The number of fused-ring (bicyclic) bond motifs is 3. The zero-order chi connectivity index (χ0) is 28.5. The summed E-state index contributed by atoms with van der Waals surface area (Å²) >= 11 is 0. The molecule has 0 fully saturated rings. The molecule has 2 aromatic rings. The van der Waals surface area contributed by atoms with Gasteiger partial charge in [-0.3, -0.25) is 9.59 Å². The third kappa shape index (κ3) is 7.58. The lowest BCUT2D eigenvalue weighted by atomic mass is 10.1. The van der Waals surface area contributed by atoms with E-state index in [1.54, 1.807) is 18.9 Å². The highest BCUT2D eigenvalue weighted by atomic mass is 16.7. The predicted octanol–water partition coefficient (Wildman–Crippen LogP) is 4.21. The lowest BCUT2D eigenvalue weighted by Crippen LogP contribution is -2.50. The second-order valence-corrected chi connectivity index (χ2v) is 10.1. The van der Waals surface area contributed by atoms with Crippen molar-refractivity contribution < 1.29 is 28.6 Å². The molecule has 3 rings (SSSR count). The Hall–Kier alpha value is -3.43. The van der Waals surface area contributed by atoms with E-state index in [9.17, 15) is 14.4 Å². The molecule has 0 bridgehead atoms. The highest BCUT2D eigenvalue weighted by Crippen LogP contribution is 2.45. The van der Waals surface area contributed by atoms with Crippen molar-refractivity contribution in [2.45, 2.75) is 52.0 Å². The van der Waals surface area contributed by atoms with Crippen LogP contribution in [0.15, 0.2) is 48.5 Å². The standard InChI is InChI=1S/C30H41N3O6/c1-7-20(2)18-33(19-27(37-5)38-6)29(35)21(3)31-26(34)16-17-32(4)30(36)39-28-24-14-10-8-12-22(24)23-13-9-11-15-25(23)28/h8-15,20-21,27-28H,7,16-19H2,1-6H3,(H,31,34)/t20?,21-/m0/s1. The van der Waals surface area contributed by atoms with Gasteiger partial charge in [-0.05, 0) is 24.0 Å². The van der Waals surface area contributed by atoms with Crippen LogP contribution >= 0.6 is 0 Å². The number of carbonyl (C=O) groups excluding carboxylic acids is 3. The Morgan fingerprint density at radius 1 is 0.923 bits per heavy atom. The quantitative estimate of drug-likeness (QED) is 0.383. The molecular formula is C30H41N3O6. The molecule has 2 atom stereocenters. The van der Waals surface area contributed by atoms with Crippen molar-refractivity contribution in [2.75, 3.05) is 40.9 Å². The lowest BCUT2D eigenvalue weighted by Gasteiger charge is -2.31. The Morgan fingerprint density at radius 2 is 1.49 bits per heavy atom. The van der Waals surface area contributed by atoms with E-state index in [0.29, 0.717) is 6.54 Å². The summed E-state index contributed by atoms with van der Waals surface area (Å²) < 4.78 is 16.4. The smallest absolute Gasteiger partial charge is 0.410 e. The molecule has 3 amide bonds. The van der Waals surface area contributed by atoms with Crippen molar-refractivity contribution in [1.82, 2.24) is 15.1 Å². The molecule has 0 spiro atoms. The van der Waals surface area contributed by atoms with E-state index >= 15 is 0 Å². The number of hydrogen-bond acceptors (Lipinski definition) is 6. The number of carbonyl (C=O) groups is 3. The largest absolute Gasteiger partial charge is 0.436 e. The van der Waals surface area contributed by atoms with Gasteiger partial charge in [0, 0.05) is 51.9 Å². The molecule has 0 aromatic heterocycles. The molecule has 0 radical (unpaired) electrons. The Labute approximate surface area is 231 Å². The maximum atomic E-state index is 13.2. The van der Waals surface area contributed by atoms with Crippen molar-refractivity contribution >= 4 is 17.9 Å². The summed E-state index contributed by atoms with van der Waals surface area (Å²) in [5, 5.41) is 2.76. The maximum absolute atomic E-state index is 13.2. The van der Waals surface area contributed by atoms with E-state index in [0.717, 1.165) is 28.7 Å². The fourth-order valence-corrected chi connectivity index (χ4v) is 4.62. The monoisotopic (exact) mass is 539 g/mol. The second kappa shape index (κ2) is 14.1. The number of nitrogens with zero attached hydrogens (tertiary/aromatic N) is 2. The van der Waals surface area contributed by atoms with Crippen LogP contribution in [0.2, 0.25) is 0 Å². The minimum absolute atomic E-state index is 0.0329. The van der Waals surface area contributed by atoms with Crippen molar-refractivity contribution in [2.24, 2.45) is 5.92 Å². The van der Waals surface area contributed by atoms with Gasteiger partial charge in [-0.2, -0.15) is 0 Å². The van der Waals surface area contributed by atoms with Crippen molar-refractivity contribution in [3.63, 3.8) is 0 Å². The predicted molar refractivity (Wildman–Crippen MR) is 149 cm³/mol. The van der Waals surface area contributed by atoms with E-state index in [1.165, 1.54) is 19.1 Å². The molecule has 0 saturated carbocycles. The fourth-order valence-electron chi connectivity index (χ4n) is 4.62. The number of benzene rings is 2. The van der Waals surface area contributed by atoms with E-state index in [2.05, 4.69) is 19.2 Å². The Morgan fingerprint density at radius 3 is 2.03 bits per heavy atom. The van der Waals surface area contributed by atoms with E-state index < -0.39 is 24.5 Å². The second-order valence-electron chi connectivity index (χ2n) is 10.1. The first-order valence-corrected chi connectivity index (χ1v) is 13.4. The molecule has 0 heterocycles. The van der Waals surface area contributed by atoms with Crippen LogP contribution in [0.1, 0.15) is 50.8 Å². The van der Waals surface area contributed by atoms with Gasteiger partial charge in [0.2, 0.25) is 11.8 Å². The number of amides is 3. The molecule has 9 nitrogen and oxygen atoms in total. The highest BCUT2D eigenvalue weighted by Gasteiger charge is 2.32. The third-order valence-electron chi connectivity index (χ3n) is 7.17. The molecule has 212 valence electrons. The summed E-state index contributed by atoms with van der Waals surface area (Å²) in [7, 11) is 4.65. The first kappa shape index (κ1) is 30.1. The van der Waals surface area contributed by atoms with Crippen molar-refractivity contribution in [3.05, 3.63) is 59.7 Å². The van der Waals surface area contributed by atoms with Gasteiger partial charge in [0.25, 0.3) is 0 Å². The minimum Gasteiger partial charge on any atom is -0.436 e. The molecule has 0 aliphatic heterocycles. The van der Waals surface area contributed by atoms with Gasteiger partial charge in [-0.25, -0.2) is 4.79 Å². The molecule has 1 N–H and O–H groups in total. The van der Waals surface area contributed by atoms with E-state index in [-0.39, 0.29) is 37.2 Å².